The van der Waals surface area contributed by atoms with E-state index in [2.05, 4.69) is 9.88 Å². The number of hydrogen-bond acceptors (Lipinski definition) is 2. The predicted octanol–water partition coefficient (Wildman–Crippen LogP) is 0.609. The summed E-state index contributed by atoms with van der Waals surface area (Å²) in [5.74, 6) is 0. The minimum Gasteiger partial charge on any atom is -0.343 e. The lowest BCUT2D eigenvalue weighted by Crippen LogP contribution is -2.44. The molecule has 1 fully saturated rings. The van der Waals surface area contributed by atoms with Crippen molar-refractivity contribution in [3.63, 3.8) is 0 Å². The predicted molar refractivity (Wildman–Crippen MR) is 52.1 cm³/mol. The van der Waals surface area contributed by atoms with Gasteiger partial charge in [0, 0.05) is 36.6 Å². The maximum absolute atomic E-state index is 11.2. The van der Waals surface area contributed by atoms with Gasteiger partial charge in [-0.2, -0.15) is 0 Å². The van der Waals surface area contributed by atoms with Crippen molar-refractivity contribution in [3.05, 3.63) is 33.7 Å². The van der Waals surface area contributed by atoms with E-state index < -0.39 is 0 Å². The maximum atomic E-state index is 11.2. The van der Waals surface area contributed by atoms with Gasteiger partial charge >= 0.3 is 0 Å². The van der Waals surface area contributed by atoms with Crippen molar-refractivity contribution in [2.45, 2.75) is 19.9 Å². The molecule has 1 aromatic rings. The van der Waals surface area contributed by atoms with Crippen LogP contribution in [-0.4, -0.2) is 17.7 Å². The molecule has 1 saturated heterocycles. The number of pyridine rings is 1. The smallest absolute Gasteiger partial charge is 0.182 e. The summed E-state index contributed by atoms with van der Waals surface area (Å²) < 4.78 is 2.23. The Bertz CT molecular complexity index is 351. The third kappa shape index (κ3) is 1.40. The summed E-state index contributed by atoms with van der Waals surface area (Å²) in [4.78, 5) is 11.2. The SMILES string of the molecule is Cc1cc(=O)cc(C)n1C1CNC1. The lowest BCUT2D eigenvalue weighted by Gasteiger charge is -2.32. The fourth-order valence-corrected chi connectivity index (χ4v) is 1.90. The Morgan fingerprint density at radius 3 is 2.23 bits per heavy atom. The molecule has 1 aliphatic rings. The fourth-order valence-electron chi connectivity index (χ4n) is 1.90. The Kier molecular flexibility index (Phi) is 1.96. The molecule has 1 N–H and O–H groups in total. The Labute approximate surface area is 77.4 Å². The van der Waals surface area contributed by atoms with Gasteiger partial charge in [0.05, 0.1) is 6.04 Å². The van der Waals surface area contributed by atoms with Gasteiger partial charge in [-0.25, -0.2) is 0 Å². The van der Waals surface area contributed by atoms with Gasteiger partial charge in [0.15, 0.2) is 5.43 Å². The molecular weight excluding hydrogens is 164 g/mol. The van der Waals surface area contributed by atoms with Crippen LogP contribution < -0.4 is 10.7 Å². The summed E-state index contributed by atoms with van der Waals surface area (Å²) in [6.07, 6.45) is 0. The molecule has 0 radical (unpaired) electrons. The molecule has 0 bridgehead atoms. The van der Waals surface area contributed by atoms with E-state index in [1.807, 2.05) is 13.8 Å². The van der Waals surface area contributed by atoms with E-state index in [0.29, 0.717) is 6.04 Å². The van der Waals surface area contributed by atoms with Crippen LogP contribution in [0, 0.1) is 13.8 Å². The number of nitrogens with zero attached hydrogens (tertiary/aromatic N) is 1. The van der Waals surface area contributed by atoms with Crippen LogP contribution in [0.1, 0.15) is 17.4 Å². The zero-order chi connectivity index (χ0) is 9.42. The minimum absolute atomic E-state index is 0.110. The van der Waals surface area contributed by atoms with Crippen LogP contribution in [0.4, 0.5) is 0 Å². The second-order valence-electron chi connectivity index (χ2n) is 3.66. The van der Waals surface area contributed by atoms with E-state index >= 15 is 0 Å². The van der Waals surface area contributed by atoms with Crippen LogP contribution in [0.2, 0.25) is 0 Å². The molecule has 2 rings (SSSR count). The molecule has 0 amide bonds. The van der Waals surface area contributed by atoms with Gasteiger partial charge in [-0.3, -0.25) is 4.79 Å². The Morgan fingerprint density at radius 2 is 1.85 bits per heavy atom. The molecule has 0 spiro atoms. The quantitative estimate of drug-likeness (QED) is 0.683. The highest BCUT2D eigenvalue weighted by molar-refractivity contribution is 5.14. The molecule has 2 heterocycles. The fraction of sp³-hybridized carbons (Fsp3) is 0.500. The van der Waals surface area contributed by atoms with E-state index in [1.54, 1.807) is 12.1 Å². The van der Waals surface area contributed by atoms with Crippen molar-refractivity contribution in [2.24, 2.45) is 0 Å². The summed E-state index contributed by atoms with van der Waals surface area (Å²) in [6, 6.07) is 3.94. The van der Waals surface area contributed by atoms with Crippen molar-refractivity contribution in [3.8, 4) is 0 Å². The first-order valence-corrected chi connectivity index (χ1v) is 4.59. The van der Waals surface area contributed by atoms with Gasteiger partial charge in [-0.1, -0.05) is 0 Å². The first-order chi connectivity index (χ1) is 6.18. The van der Waals surface area contributed by atoms with Gasteiger partial charge in [0.2, 0.25) is 0 Å². The molecule has 13 heavy (non-hydrogen) atoms. The summed E-state index contributed by atoms with van der Waals surface area (Å²) in [6.45, 7) is 6.02. The second-order valence-corrected chi connectivity index (χ2v) is 3.66. The molecular formula is C10H14N2O. The van der Waals surface area contributed by atoms with Crippen molar-refractivity contribution in [2.75, 3.05) is 13.1 Å². The highest BCUT2D eigenvalue weighted by Gasteiger charge is 2.20. The average Bonchev–Trinajstić information content (AvgIpc) is 1.92. The molecule has 1 aromatic heterocycles. The summed E-state index contributed by atoms with van der Waals surface area (Å²) in [5.41, 5.74) is 2.24. The maximum Gasteiger partial charge on any atom is 0.182 e. The van der Waals surface area contributed by atoms with Gasteiger partial charge in [0.1, 0.15) is 0 Å². The molecule has 70 valence electrons. The first-order valence-electron chi connectivity index (χ1n) is 4.59. The third-order valence-corrected chi connectivity index (χ3v) is 2.59. The van der Waals surface area contributed by atoms with E-state index in [0.717, 1.165) is 24.5 Å². The molecule has 3 nitrogen and oxygen atoms in total. The standard InChI is InChI=1S/C10H14N2O/c1-7-3-10(13)4-8(2)12(7)9-5-11-6-9/h3-4,9,11H,5-6H2,1-2H3. The number of nitrogens with one attached hydrogen (secondary N) is 1. The average molecular weight is 178 g/mol. The topological polar surface area (TPSA) is 34.0 Å². The van der Waals surface area contributed by atoms with Crippen LogP contribution >= 0.6 is 0 Å². The number of aromatic nitrogens is 1. The largest absolute Gasteiger partial charge is 0.343 e. The molecule has 0 atom stereocenters. The zero-order valence-electron chi connectivity index (χ0n) is 8.00. The Morgan fingerprint density at radius 1 is 1.31 bits per heavy atom. The molecule has 1 aliphatic heterocycles. The number of hydrogen-bond donors (Lipinski definition) is 1. The normalized spacial score (nSPS) is 17.1. The van der Waals surface area contributed by atoms with E-state index in [4.69, 9.17) is 0 Å². The van der Waals surface area contributed by atoms with E-state index in [1.165, 1.54) is 0 Å². The van der Waals surface area contributed by atoms with Crippen molar-refractivity contribution in [1.29, 1.82) is 0 Å². The summed E-state index contributed by atoms with van der Waals surface area (Å²) in [7, 11) is 0. The van der Waals surface area contributed by atoms with Gasteiger partial charge in [0.25, 0.3) is 0 Å². The zero-order valence-corrected chi connectivity index (χ0v) is 8.00. The van der Waals surface area contributed by atoms with Gasteiger partial charge < -0.3 is 9.88 Å². The van der Waals surface area contributed by atoms with Crippen LogP contribution in [-0.2, 0) is 0 Å². The van der Waals surface area contributed by atoms with Gasteiger partial charge in [-0.05, 0) is 13.8 Å². The van der Waals surface area contributed by atoms with Crippen molar-refractivity contribution < 1.29 is 0 Å². The third-order valence-electron chi connectivity index (χ3n) is 2.59. The summed E-state index contributed by atoms with van der Waals surface area (Å²) in [5, 5.41) is 3.23. The Balaban J connectivity index is 2.49. The monoisotopic (exact) mass is 178 g/mol. The summed E-state index contributed by atoms with van der Waals surface area (Å²) >= 11 is 0. The Hall–Kier alpha value is -1.09. The van der Waals surface area contributed by atoms with Crippen molar-refractivity contribution >= 4 is 0 Å². The highest BCUT2D eigenvalue weighted by atomic mass is 16.1. The van der Waals surface area contributed by atoms with Crippen LogP contribution in [0.3, 0.4) is 0 Å². The van der Waals surface area contributed by atoms with Gasteiger partial charge in [-0.15, -0.1) is 0 Å². The minimum atomic E-state index is 0.110. The van der Waals surface area contributed by atoms with Crippen LogP contribution in [0.5, 0.6) is 0 Å². The highest BCUT2D eigenvalue weighted by Crippen LogP contribution is 2.15. The second kappa shape index (κ2) is 3.00. The molecule has 0 saturated carbocycles. The molecule has 3 heteroatoms. The molecule has 0 aromatic carbocycles. The molecule has 0 aliphatic carbocycles. The van der Waals surface area contributed by atoms with E-state index in [-0.39, 0.29) is 5.43 Å². The first kappa shape index (κ1) is 8.51. The van der Waals surface area contributed by atoms with Crippen LogP contribution in [0.25, 0.3) is 0 Å². The molecule has 0 unspecified atom stereocenters. The van der Waals surface area contributed by atoms with Crippen LogP contribution in [0.15, 0.2) is 16.9 Å². The lowest BCUT2D eigenvalue weighted by molar-refractivity contribution is 0.332. The number of aryl methyl sites for hydroxylation is 2. The van der Waals surface area contributed by atoms with Crippen molar-refractivity contribution in [1.82, 2.24) is 9.88 Å². The van der Waals surface area contributed by atoms with E-state index in [9.17, 15) is 4.79 Å². The lowest BCUT2D eigenvalue weighted by atomic mass is 10.1. The number of rotatable bonds is 1.